The second-order valence-corrected chi connectivity index (χ2v) is 6.24. The van der Waals surface area contributed by atoms with Crippen molar-refractivity contribution in [2.24, 2.45) is 0 Å². The summed E-state index contributed by atoms with van der Waals surface area (Å²) in [5.74, 6) is 0.309. The van der Waals surface area contributed by atoms with Gasteiger partial charge < -0.3 is 13.6 Å². The Morgan fingerprint density at radius 1 is 1.07 bits per heavy atom. The Hall–Kier alpha value is -4.34. The highest BCUT2D eigenvalue weighted by Gasteiger charge is 2.20. The van der Waals surface area contributed by atoms with Crippen molar-refractivity contribution in [1.82, 2.24) is 15.2 Å². The van der Waals surface area contributed by atoms with Crippen molar-refractivity contribution in [2.45, 2.75) is 13.0 Å². The second-order valence-electron chi connectivity index (χ2n) is 6.24. The van der Waals surface area contributed by atoms with Crippen LogP contribution in [0, 0.1) is 10.1 Å². The molecule has 1 atom stereocenters. The normalized spacial score (nSPS) is 11.8. The summed E-state index contributed by atoms with van der Waals surface area (Å²) in [6.07, 6.45) is 2.12. The van der Waals surface area contributed by atoms with Gasteiger partial charge in [0.1, 0.15) is 0 Å². The maximum Gasteiger partial charge on any atom is 0.338 e. The molecule has 2 aromatic carbocycles. The lowest BCUT2D eigenvalue weighted by atomic mass is 10.1. The molecule has 30 heavy (non-hydrogen) atoms. The number of esters is 1. The Balaban J connectivity index is 1.43. The number of carbonyl (C=O) groups is 1. The number of non-ortho nitro benzene ring substituents is 1. The maximum atomic E-state index is 12.4. The van der Waals surface area contributed by atoms with E-state index in [2.05, 4.69) is 15.2 Å². The first-order valence-corrected chi connectivity index (χ1v) is 8.79. The van der Waals surface area contributed by atoms with E-state index in [0.717, 1.165) is 5.56 Å². The third kappa shape index (κ3) is 3.92. The first-order valence-electron chi connectivity index (χ1n) is 8.79. The SMILES string of the molecule is CC(OC(=O)c1ccc(-c2cnco2)cc1)c1nnc(-c2ccc([N+](=O)[O-])cc2)o1. The first kappa shape index (κ1) is 19.0. The molecule has 0 N–H and O–H groups in total. The monoisotopic (exact) mass is 406 g/mol. The Morgan fingerprint density at radius 2 is 1.77 bits per heavy atom. The minimum atomic E-state index is -0.786. The molecule has 0 aliphatic carbocycles. The highest BCUT2D eigenvalue weighted by molar-refractivity contribution is 5.90. The summed E-state index contributed by atoms with van der Waals surface area (Å²) in [4.78, 5) is 26.5. The molecule has 0 aliphatic heterocycles. The molecule has 0 saturated carbocycles. The molecule has 4 rings (SSSR count). The summed E-state index contributed by atoms with van der Waals surface area (Å²) in [6, 6.07) is 12.4. The fraction of sp³-hybridized carbons (Fsp3) is 0.100. The third-order valence-corrected chi connectivity index (χ3v) is 4.23. The number of carbonyl (C=O) groups excluding carboxylic acids is 1. The number of oxazole rings is 1. The van der Waals surface area contributed by atoms with Gasteiger partial charge in [0.25, 0.3) is 11.6 Å². The molecule has 0 amide bonds. The molecule has 4 aromatic rings. The predicted octanol–water partition coefficient (Wildman–Crippen LogP) is 4.22. The Labute approximate surface area is 169 Å². The van der Waals surface area contributed by atoms with Crippen LogP contribution in [0.4, 0.5) is 5.69 Å². The van der Waals surface area contributed by atoms with Crippen LogP contribution in [0.25, 0.3) is 22.8 Å². The molecule has 0 fully saturated rings. The lowest BCUT2D eigenvalue weighted by Gasteiger charge is -2.09. The smallest absolute Gasteiger partial charge is 0.338 e. The van der Waals surface area contributed by atoms with Gasteiger partial charge in [-0.25, -0.2) is 9.78 Å². The predicted molar refractivity (Wildman–Crippen MR) is 102 cm³/mol. The zero-order valence-electron chi connectivity index (χ0n) is 15.6. The van der Waals surface area contributed by atoms with E-state index in [1.165, 1.54) is 30.7 Å². The fourth-order valence-corrected chi connectivity index (χ4v) is 2.65. The number of nitro groups is 1. The van der Waals surface area contributed by atoms with E-state index < -0.39 is 17.0 Å². The van der Waals surface area contributed by atoms with E-state index in [0.29, 0.717) is 16.9 Å². The molecular weight excluding hydrogens is 392 g/mol. The van der Waals surface area contributed by atoms with Gasteiger partial charge in [0.05, 0.1) is 16.7 Å². The molecule has 2 heterocycles. The van der Waals surface area contributed by atoms with E-state index >= 15 is 0 Å². The molecule has 2 aromatic heterocycles. The zero-order valence-corrected chi connectivity index (χ0v) is 15.6. The highest BCUT2D eigenvalue weighted by Crippen LogP contribution is 2.25. The number of rotatable bonds is 6. The molecule has 10 nitrogen and oxygen atoms in total. The van der Waals surface area contributed by atoms with Crippen LogP contribution in [-0.2, 0) is 4.74 Å². The Morgan fingerprint density at radius 3 is 2.40 bits per heavy atom. The number of nitrogens with zero attached hydrogens (tertiary/aromatic N) is 4. The van der Waals surface area contributed by atoms with Gasteiger partial charge in [-0.05, 0) is 31.2 Å². The standard InChI is InChI=1S/C20H14N4O6/c1-12(18-22-23-19(30-18)14-6-8-16(9-7-14)24(26)27)29-20(25)15-4-2-13(3-5-15)17-10-21-11-28-17/h2-12H,1H3. The summed E-state index contributed by atoms with van der Waals surface area (Å²) in [6.45, 7) is 1.61. The van der Waals surface area contributed by atoms with Crippen molar-refractivity contribution in [3.8, 4) is 22.8 Å². The van der Waals surface area contributed by atoms with E-state index in [9.17, 15) is 14.9 Å². The minimum absolute atomic E-state index is 0.0462. The van der Waals surface area contributed by atoms with Crippen LogP contribution in [0.15, 0.2) is 70.0 Å². The summed E-state index contributed by atoms with van der Waals surface area (Å²) < 4.78 is 16.2. The number of aromatic nitrogens is 3. The Kier molecular flexibility index (Phi) is 5.04. The second kappa shape index (κ2) is 7.95. The van der Waals surface area contributed by atoms with Gasteiger partial charge in [-0.3, -0.25) is 10.1 Å². The largest absolute Gasteiger partial charge is 0.449 e. The number of hydrogen-bond acceptors (Lipinski definition) is 9. The van der Waals surface area contributed by atoms with E-state index in [-0.39, 0.29) is 17.5 Å². The van der Waals surface area contributed by atoms with Crippen molar-refractivity contribution in [3.63, 3.8) is 0 Å². The van der Waals surface area contributed by atoms with Crippen LogP contribution in [0.3, 0.4) is 0 Å². The van der Waals surface area contributed by atoms with E-state index in [1.807, 2.05) is 0 Å². The van der Waals surface area contributed by atoms with Gasteiger partial charge in [0.2, 0.25) is 5.89 Å². The van der Waals surface area contributed by atoms with Crippen LogP contribution in [0.1, 0.15) is 29.3 Å². The molecule has 0 saturated heterocycles. The summed E-state index contributed by atoms with van der Waals surface area (Å²) in [7, 11) is 0. The van der Waals surface area contributed by atoms with Gasteiger partial charge in [0.15, 0.2) is 18.3 Å². The van der Waals surface area contributed by atoms with E-state index in [1.54, 1.807) is 37.4 Å². The van der Waals surface area contributed by atoms with Crippen molar-refractivity contribution in [1.29, 1.82) is 0 Å². The molecular formula is C20H14N4O6. The number of ether oxygens (including phenoxy) is 1. The first-order chi connectivity index (χ1) is 14.5. The number of benzene rings is 2. The van der Waals surface area contributed by atoms with Crippen LogP contribution in [-0.4, -0.2) is 26.1 Å². The molecule has 1 unspecified atom stereocenters. The van der Waals surface area contributed by atoms with E-state index in [4.69, 9.17) is 13.6 Å². The van der Waals surface area contributed by atoms with Crippen molar-refractivity contribution >= 4 is 11.7 Å². The average molecular weight is 406 g/mol. The Bertz CT molecular complexity index is 1170. The van der Waals surface area contributed by atoms with Crippen LogP contribution < -0.4 is 0 Å². The molecule has 0 bridgehead atoms. The van der Waals surface area contributed by atoms with Crippen LogP contribution >= 0.6 is 0 Å². The van der Waals surface area contributed by atoms with Crippen molar-refractivity contribution in [3.05, 3.63) is 82.7 Å². The fourth-order valence-electron chi connectivity index (χ4n) is 2.65. The molecule has 0 radical (unpaired) electrons. The summed E-state index contributed by atoms with van der Waals surface area (Å²) >= 11 is 0. The van der Waals surface area contributed by atoms with Crippen LogP contribution in [0.2, 0.25) is 0 Å². The van der Waals surface area contributed by atoms with Crippen molar-refractivity contribution < 1.29 is 23.3 Å². The summed E-state index contributed by atoms with van der Waals surface area (Å²) in [5.41, 5.74) is 1.60. The lowest BCUT2D eigenvalue weighted by Crippen LogP contribution is -2.09. The topological polar surface area (TPSA) is 134 Å². The molecule has 0 spiro atoms. The number of nitro benzene ring substituents is 1. The highest BCUT2D eigenvalue weighted by atomic mass is 16.6. The zero-order chi connectivity index (χ0) is 21.1. The number of hydrogen-bond donors (Lipinski definition) is 0. The third-order valence-electron chi connectivity index (χ3n) is 4.23. The van der Waals surface area contributed by atoms with Gasteiger partial charge in [-0.2, -0.15) is 0 Å². The lowest BCUT2D eigenvalue weighted by molar-refractivity contribution is -0.384. The average Bonchev–Trinajstić information content (AvgIpc) is 3.46. The van der Waals surface area contributed by atoms with Crippen LogP contribution in [0.5, 0.6) is 0 Å². The maximum absolute atomic E-state index is 12.4. The van der Waals surface area contributed by atoms with Gasteiger partial charge in [-0.15, -0.1) is 10.2 Å². The molecule has 10 heteroatoms. The molecule has 150 valence electrons. The van der Waals surface area contributed by atoms with Gasteiger partial charge in [0, 0.05) is 23.3 Å². The molecule has 0 aliphatic rings. The van der Waals surface area contributed by atoms with Crippen molar-refractivity contribution in [2.75, 3.05) is 0 Å². The quantitative estimate of drug-likeness (QED) is 0.262. The minimum Gasteiger partial charge on any atom is -0.449 e. The van der Waals surface area contributed by atoms with Gasteiger partial charge >= 0.3 is 5.97 Å². The van der Waals surface area contributed by atoms with Gasteiger partial charge in [-0.1, -0.05) is 12.1 Å². The summed E-state index contributed by atoms with van der Waals surface area (Å²) in [5, 5.41) is 18.5.